The summed E-state index contributed by atoms with van der Waals surface area (Å²) in [7, 11) is 0. The summed E-state index contributed by atoms with van der Waals surface area (Å²) in [5.74, 6) is -0.181. The molecule has 0 unspecified atom stereocenters. The Bertz CT molecular complexity index is 1780. The number of rotatable bonds is 11. The Balaban J connectivity index is 1.30. The lowest BCUT2D eigenvalue weighted by Crippen LogP contribution is -2.43. The summed E-state index contributed by atoms with van der Waals surface area (Å²) in [5, 5.41) is 13.4. The molecule has 6 rings (SSSR count). The Morgan fingerprint density at radius 3 is 2.44 bits per heavy atom. The quantitative estimate of drug-likeness (QED) is 0.181. The van der Waals surface area contributed by atoms with Crippen LogP contribution >= 0.6 is 0 Å². The lowest BCUT2D eigenvalue weighted by atomic mass is 10.0. The van der Waals surface area contributed by atoms with Crippen LogP contribution in [-0.2, 0) is 26.1 Å². The second kappa shape index (κ2) is 13.6. The highest BCUT2D eigenvalue weighted by molar-refractivity contribution is 6.10. The predicted octanol–water partition coefficient (Wildman–Crippen LogP) is 5.06. The molecule has 0 bridgehead atoms. The second-order valence-corrected chi connectivity index (χ2v) is 10.7. The van der Waals surface area contributed by atoms with Crippen molar-refractivity contribution in [2.45, 2.75) is 33.0 Å². The van der Waals surface area contributed by atoms with Crippen LogP contribution in [0, 0.1) is 11.6 Å². The highest BCUT2D eigenvalue weighted by Gasteiger charge is 2.27. The Morgan fingerprint density at radius 1 is 0.956 bits per heavy atom. The number of halogens is 2. The number of hydrogen-bond acceptors (Lipinski definition) is 7. The van der Waals surface area contributed by atoms with E-state index in [0.29, 0.717) is 41.8 Å². The molecule has 0 atom stereocenters. The largest absolute Gasteiger partial charge is 0.494 e. The first-order valence-electron chi connectivity index (χ1n) is 14.9. The highest BCUT2D eigenvalue weighted by Crippen LogP contribution is 2.29. The summed E-state index contributed by atoms with van der Waals surface area (Å²) in [4.78, 5) is 16.3. The number of hydrogen-bond donors (Lipinski definition) is 3. The van der Waals surface area contributed by atoms with Crippen LogP contribution in [0.4, 0.5) is 26.0 Å². The van der Waals surface area contributed by atoms with Crippen LogP contribution in [0.5, 0.6) is 5.75 Å². The molecular formula is C35H34F2N7O+. The Labute approximate surface area is 260 Å². The van der Waals surface area contributed by atoms with Gasteiger partial charge in [-0.3, -0.25) is 15.3 Å². The van der Waals surface area contributed by atoms with E-state index in [0.717, 1.165) is 36.5 Å². The minimum absolute atomic E-state index is 0.0945. The molecule has 1 aliphatic rings. The first-order valence-corrected chi connectivity index (χ1v) is 14.9. The Hall–Kier alpha value is -5.22. The molecule has 0 amide bonds. The number of para-hydroxylation sites is 1. The minimum Gasteiger partial charge on any atom is -0.494 e. The van der Waals surface area contributed by atoms with Gasteiger partial charge >= 0.3 is 0 Å². The summed E-state index contributed by atoms with van der Waals surface area (Å²) in [6, 6.07) is 23.8. The van der Waals surface area contributed by atoms with Gasteiger partial charge in [0.25, 0.3) is 5.71 Å². The number of fused-ring (bicyclic) bond motifs is 1. The van der Waals surface area contributed by atoms with Gasteiger partial charge in [0.15, 0.2) is 0 Å². The van der Waals surface area contributed by atoms with Crippen molar-refractivity contribution in [3.63, 3.8) is 0 Å². The lowest BCUT2D eigenvalue weighted by Gasteiger charge is -2.29. The van der Waals surface area contributed by atoms with Gasteiger partial charge in [0.05, 0.1) is 17.9 Å². The van der Waals surface area contributed by atoms with Gasteiger partial charge in [-0.2, -0.15) is 0 Å². The standard InChI is InChI=1S/C35H33F2N7O/c1-2-45-25-18-29(36)28(30(37)19-25)20-40-31-11-7-6-10-26(31)33(38)35-42-32-22-44(21-23-8-4-3-5-9-23)17-14-27(32)34(43-35)41-24-12-15-39-16-13-24/h3-13,15-16,18-19,38,40H,2,14,17,20-22H2,1H3,(H,39,41,42,43)/p+1. The average molecular weight is 607 g/mol. The lowest BCUT2D eigenvalue weighted by molar-refractivity contribution is -0.112. The van der Waals surface area contributed by atoms with Crippen LogP contribution in [0.25, 0.3) is 0 Å². The van der Waals surface area contributed by atoms with Crippen LogP contribution in [0.15, 0.2) is 91.3 Å². The van der Waals surface area contributed by atoms with E-state index in [2.05, 4.69) is 32.7 Å². The minimum atomic E-state index is -0.690. The third kappa shape index (κ3) is 6.97. The number of aromatic nitrogens is 3. The van der Waals surface area contributed by atoms with E-state index in [1.54, 1.807) is 19.3 Å². The molecule has 3 aromatic carbocycles. The average Bonchev–Trinajstić information content (AvgIpc) is 3.05. The molecule has 3 heterocycles. The normalized spacial score (nSPS) is 12.8. The fraction of sp³-hybridized carbons (Fsp3) is 0.200. The van der Waals surface area contributed by atoms with Crippen LogP contribution in [0.2, 0.25) is 0 Å². The summed E-state index contributed by atoms with van der Waals surface area (Å²) >= 11 is 0. The van der Waals surface area contributed by atoms with Crippen molar-refractivity contribution in [1.82, 2.24) is 19.9 Å². The summed E-state index contributed by atoms with van der Waals surface area (Å²) in [6.07, 6.45) is 4.21. The molecule has 0 spiro atoms. The van der Waals surface area contributed by atoms with Gasteiger partial charge in [0.2, 0.25) is 5.82 Å². The van der Waals surface area contributed by atoms with Crippen LogP contribution in [0.1, 0.15) is 40.7 Å². The maximum Gasteiger partial charge on any atom is 0.251 e. The number of anilines is 3. The van der Waals surface area contributed by atoms with Crippen molar-refractivity contribution in [3.05, 3.63) is 137 Å². The molecular weight excluding hydrogens is 572 g/mol. The van der Waals surface area contributed by atoms with E-state index in [1.165, 1.54) is 17.7 Å². The first kappa shape index (κ1) is 29.8. The molecule has 0 fully saturated rings. The van der Waals surface area contributed by atoms with Gasteiger partial charge in [0, 0.05) is 73.2 Å². The maximum atomic E-state index is 14.8. The fourth-order valence-corrected chi connectivity index (χ4v) is 5.43. The zero-order valence-corrected chi connectivity index (χ0v) is 24.9. The van der Waals surface area contributed by atoms with Gasteiger partial charge in [-0.15, -0.1) is 0 Å². The van der Waals surface area contributed by atoms with Crippen molar-refractivity contribution in [2.24, 2.45) is 0 Å². The van der Waals surface area contributed by atoms with Crippen molar-refractivity contribution < 1.29 is 18.9 Å². The van der Waals surface area contributed by atoms with Crippen molar-refractivity contribution in [2.75, 3.05) is 23.8 Å². The van der Waals surface area contributed by atoms with Gasteiger partial charge in [0.1, 0.15) is 23.2 Å². The topological polar surface area (TPSA) is 101 Å². The van der Waals surface area contributed by atoms with Gasteiger partial charge in [-0.1, -0.05) is 42.5 Å². The molecule has 8 nitrogen and oxygen atoms in total. The van der Waals surface area contributed by atoms with E-state index in [4.69, 9.17) is 20.1 Å². The highest BCUT2D eigenvalue weighted by atomic mass is 19.1. The number of pyridine rings is 1. The molecule has 4 N–H and O–H groups in total. The number of nitrogens with two attached hydrogens (primary N) is 1. The van der Waals surface area contributed by atoms with Crippen molar-refractivity contribution in [3.8, 4) is 5.75 Å². The third-order valence-electron chi connectivity index (χ3n) is 7.68. The summed E-state index contributed by atoms with van der Waals surface area (Å²) < 4.78 is 34.8. The number of nitrogens with zero attached hydrogens (tertiary/aromatic N) is 4. The molecule has 1 aliphatic heterocycles. The van der Waals surface area contributed by atoms with Crippen molar-refractivity contribution >= 4 is 22.9 Å². The monoisotopic (exact) mass is 606 g/mol. The Kier molecular flexibility index (Phi) is 9.02. The fourth-order valence-electron chi connectivity index (χ4n) is 5.43. The van der Waals surface area contributed by atoms with Gasteiger partial charge < -0.3 is 15.4 Å². The van der Waals surface area contributed by atoms with E-state index in [1.807, 2.05) is 54.6 Å². The summed E-state index contributed by atoms with van der Waals surface area (Å²) in [6.45, 7) is 4.28. The smallest absolute Gasteiger partial charge is 0.251 e. The number of benzene rings is 3. The molecule has 0 radical (unpaired) electrons. The molecule has 10 heteroatoms. The van der Waals surface area contributed by atoms with E-state index in [9.17, 15) is 8.78 Å². The number of nitrogens with one attached hydrogen (secondary N) is 2. The SMILES string of the molecule is CCOc1cc(F)c(CNc2ccccc2C(=[NH2+])c2nc3c(c(Nc4ccncc4)n2)CCN(Cc2ccccc2)C3)c(F)c1. The van der Waals surface area contributed by atoms with Crippen molar-refractivity contribution in [1.29, 1.82) is 0 Å². The van der Waals surface area contributed by atoms with Gasteiger partial charge in [-0.05, 0) is 43.2 Å². The molecule has 0 saturated carbocycles. The second-order valence-electron chi connectivity index (χ2n) is 10.7. The molecule has 0 saturated heterocycles. The molecule has 2 aromatic heterocycles. The zero-order chi connectivity index (χ0) is 31.2. The Morgan fingerprint density at radius 2 is 1.69 bits per heavy atom. The third-order valence-corrected chi connectivity index (χ3v) is 7.68. The molecule has 228 valence electrons. The van der Waals surface area contributed by atoms with Crippen LogP contribution in [-0.4, -0.2) is 38.7 Å². The maximum absolute atomic E-state index is 14.8. The molecule has 5 aromatic rings. The zero-order valence-electron chi connectivity index (χ0n) is 24.9. The van der Waals surface area contributed by atoms with Gasteiger partial charge in [-0.25, -0.2) is 18.7 Å². The van der Waals surface area contributed by atoms with E-state index < -0.39 is 11.6 Å². The van der Waals surface area contributed by atoms with Crippen LogP contribution in [0.3, 0.4) is 0 Å². The van der Waals surface area contributed by atoms with Crippen LogP contribution < -0.4 is 20.8 Å². The molecule has 45 heavy (non-hydrogen) atoms. The van der Waals surface area contributed by atoms with E-state index >= 15 is 0 Å². The first-order chi connectivity index (χ1) is 22.0. The number of ether oxygens (including phenoxy) is 1. The summed E-state index contributed by atoms with van der Waals surface area (Å²) in [5.41, 5.74) is 5.48. The molecule has 0 aliphatic carbocycles. The van der Waals surface area contributed by atoms with E-state index in [-0.39, 0.29) is 17.9 Å². The predicted molar refractivity (Wildman–Crippen MR) is 170 cm³/mol.